The van der Waals surface area contributed by atoms with Crippen LogP contribution in [0.4, 0.5) is 30.2 Å². The number of carbonyl (C=O) groups is 2. The van der Waals surface area contributed by atoms with Crippen LogP contribution in [0, 0.1) is 10.1 Å². The average Bonchev–Trinajstić information content (AvgIpc) is 2.61. The Morgan fingerprint density at radius 3 is 2.68 bits per heavy atom. The van der Waals surface area contributed by atoms with Crippen molar-refractivity contribution in [2.75, 3.05) is 10.6 Å². The summed E-state index contributed by atoms with van der Waals surface area (Å²) >= 11 is 0.983. The van der Waals surface area contributed by atoms with Gasteiger partial charge >= 0.3 is 6.18 Å². The highest BCUT2D eigenvalue weighted by Crippen LogP contribution is 2.40. The molecule has 0 fully saturated rings. The molecular weight excluding hydrogens is 399 g/mol. The second-order valence-corrected chi connectivity index (χ2v) is 7.11. The van der Waals surface area contributed by atoms with Gasteiger partial charge in [0, 0.05) is 29.1 Å². The molecule has 2 aromatic carbocycles. The van der Waals surface area contributed by atoms with Crippen LogP contribution in [0.3, 0.4) is 0 Å². The molecule has 0 radical (unpaired) electrons. The van der Waals surface area contributed by atoms with Crippen LogP contribution < -0.4 is 10.6 Å². The molecule has 0 spiro atoms. The Hall–Kier alpha value is -3.08. The second-order valence-electron chi connectivity index (χ2n) is 5.86. The monoisotopic (exact) mass is 411 g/mol. The molecular formula is C17H12F3N3O4S. The maximum absolute atomic E-state index is 12.8. The van der Waals surface area contributed by atoms with Crippen LogP contribution in [-0.4, -0.2) is 22.0 Å². The topological polar surface area (TPSA) is 101 Å². The van der Waals surface area contributed by atoms with Gasteiger partial charge in [0.2, 0.25) is 11.8 Å². The normalized spacial score (nSPS) is 16.1. The highest BCUT2D eigenvalue weighted by atomic mass is 32.2. The second kappa shape index (κ2) is 7.50. The number of nitro benzene ring substituents is 1. The van der Waals surface area contributed by atoms with E-state index in [1.807, 2.05) is 0 Å². The number of fused-ring (bicyclic) bond motifs is 1. The van der Waals surface area contributed by atoms with Crippen molar-refractivity contribution >= 4 is 40.6 Å². The third-order valence-electron chi connectivity index (χ3n) is 3.84. The number of benzene rings is 2. The van der Waals surface area contributed by atoms with Gasteiger partial charge in [-0.3, -0.25) is 19.7 Å². The molecule has 7 nitrogen and oxygen atoms in total. The van der Waals surface area contributed by atoms with Gasteiger partial charge in [0.25, 0.3) is 5.69 Å². The summed E-state index contributed by atoms with van der Waals surface area (Å²) < 4.78 is 38.3. The van der Waals surface area contributed by atoms with Crippen LogP contribution in [0.15, 0.2) is 47.4 Å². The number of hydrogen-bond donors (Lipinski definition) is 2. The first-order valence-electron chi connectivity index (χ1n) is 7.86. The van der Waals surface area contributed by atoms with Gasteiger partial charge in [-0.2, -0.15) is 13.2 Å². The number of non-ortho nitro benzene ring substituents is 1. The zero-order chi connectivity index (χ0) is 20.5. The summed E-state index contributed by atoms with van der Waals surface area (Å²) in [6.45, 7) is 0. The predicted molar refractivity (Wildman–Crippen MR) is 96.1 cm³/mol. The standard InChI is InChI=1S/C17H12F3N3O4S/c18-17(19,20)9-4-5-13-12(6-9)22-16(25)14(28-13)8-15(24)21-10-2-1-3-11(7-10)23(26)27/h1-7,14H,8H2,(H,21,24)(H,22,25)/t14-/m0/s1. The van der Waals surface area contributed by atoms with Crippen molar-refractivity contribution in [3.05, 3.63) is 58.1 Å². The van der Waals surface area contributed by atoms with E-state index in [0.717, 1.165) is 23.9 Å². The number of carbonyl (C=O) groups excluding carboxylic acids is 2. The number of halogens is 3. The van der Waals surface area contributed by atoms with E-state index in [0.29, 0.717) is 4.90 Å². The minimum Gasteiger partial charge on any atom is -0.326 e. The van der Waals surface area contributed by atoms with E-state index in [-0.39, 0.29) is 23.5 Å². The quantitative estimate of drug-likeness (QED) is 0.584. The van der Waals surface area contributed by atoms with Gasteiger partial charge in [0.15, 0.2) is 0 Å². The van der Waals surface area contributed by atoms with Gasteiger partial charge in [-0.1, -0.05) is 6.07 Å². The fraction of sp³-hybridized carbons (Fsp3) is 0.176. The molecule has 1 aliphatic rings. The lowest BCUT2D eigenvalue weighted by molar-refractivity contribution is -0.384. The lowest BCUT2D eigenvalue weighted by atomic mass is 10.1. The molecule has 2 N–H and O–H groups in total. The molecule has 2 amide bonds. The molecule has 1 aliphatic heterocycles. The molecule has 2 aromatic rings. The molecule has 0 bridgehead atoms. The van der Waals surface area contributed by atoms with Crippen molar-refractivity contribution in [1.29, 1.82) is 0 Å². The summed E-state index contributed by atoms with van der Waals surface area (Å²) in [5.74, 6) is -1.14. The summed E-state index contributed by atoms with van der Waals surface area (Å²) in [5, 5.41) is 14.8. The zero-order valence-corrected chi connectivity index (χ0v) is 14.8. The van der Waals surface area contributed by atoms with E-state index in [1.165, 1.54) is 30.3 Å². The highest BCUT2D eigenvalue weighted by Gasteiger charge is 2.34. The first-order chi connectivity index (χ1) is 13.1. The van der Waals surface area contributed by atoms with Gasteiger partial charge in [-0.25, -0.2) is 0 Å². The van der Waals surface area contributed by atoms with Crippen LogP contribution in [0.25, 0.3) is 0 Å². The molecule has 146 valence electrons. The third kappa shape index (κ3) is 4.42. The molecule has 1 heterocycles. The first-order valence-corrected chi connectivity index (χ1v) is 8.74. The number of nitrogens with zero attached hydrogens (tertiary/aromatic N) is 1. The summed E-state index contributed by atoms with van der Waals surface area (Å²) in [6, 6.07) is 8.32. The van der Waals surface area contributed by atoms with Gasteiger partial charge in [-0.05, 0) is 24.3 Å². The number of thioether (sulfide) groups is 1. The highest BCUT2D eigenvalue weighted by molar-refractivity contribution is 8.01. The lowest BCUT2D eigenvalue weighted by Crippen LogP contribution is -2.32. The number of nitro groups is 1. The summed E-state index contributed by atoms with van der Waals surface area (Å²) in [7, 11) is 0. The van der Waals surface area contributed by atoms with Crippen molar-refractivity contribution in [3.63, 3.8) is 0 Å². The van der Waals surface area contributed by atoms with Gasteiger partial charge in [0.1, 0.15) is 0 Å². The zero-order valence-electron chi connectivity index (χ0n) is 13.9. The molecule has 0 aromatic heterocycles. The van der Waals surface area contributed by atoms with Crippen molar-refractivity contribution in [2.45, 2.75) is 22.7 Å². The molecule has 0 saturated heterocycles. The molecule has 0 saturated carbocycles. The van der Waals surface area contributed by atoms with E-state index in [1.54, 1.807) is 0 Å². The van der Waals surface area contributed by atoms with Crippen molar-refractivity contribution in [2.24, 2.45) is 0 Å². The number of anilines is 2. The van der Waals surface area contributed by atoms with Gasteiger partial charge in [-0.15, -0.1) is 11.8 Å². The van der Waals surface area contributed by atoms with E-state index < -0.39 is 33.7 Å². The fourth-order valence-corrected chi connectivity index (χ4v) is 3.63. The molecule has 0 aliphatic carbocycles. The molecule has 1 atom stereocenters. The Morgan fingerprint density at radius 2 is 2.00 bits per heavy atom. The minimum absolute atomic E-state index is 0.0418. The Bertz CT molecular complexity index is 965. The number of hydrogen-bond acceptors (Lipinski definition) is 5. The maximum atomic E-state index is 12.8. The SMILES string of the molecule is O=C(C[C@@H]1Sc2ccc(C(F)(F)F)cc2NC1=O)Nc1cccc([N+](=O)[O-])c1. The maximum Gasteiger partial charge on any atom is 0.416 e. The molecule has 11 heteroatoms. The average molecular weight is 411 g/mol. The Labute approximate surface area is 160 Å². The number of alkyl halides is 3. The van der Waals surface area contributed by atoms with Crippen molar-refractivity contribution < 1.29 is 27.7 Å². The fourth-order valence-electron chi connectivity index (χ4n) is 2.54. The van der Waals surface area contributed by atoms with Crippen LogP contribution in [-0.2, 0) is 15.8 Å². The summed E-state index contributed by atoms with van der Waals surface area (Å²) in [4.78, 5) is 34.9. The summed E-state index contributed by atoms with van der Waals surface area (Å²) in [6.07, 6.45) is -4.78. The lowest BCUT2D eigenvalue weighted by Gasteiger charge is -2.24. The molecule has 28 heavy (non-hydrogen) atoms. The minimum atomic E-state index is -4.53. The van der Waals surface area contributed by atoms with Crippen LogP contribution in [0.1, 0.15) is 12.0 Å². The smallest absolute Gasteiger partial charge is 0.326 e. The van der Waals surface area contributed by atoms with Crippen LogP contribution >= 0.6 is 11.8 Å². The Balaban J connectivity index is 1.69. The first kappa shape index (κ1) is 19.7. The van der Waals surface area contributed by atoms with E-state index in [4.69, 9.17) is 0 Å². The molecule has 0 unspecified atom stereocenters. The van der Waals surface area contributed by atoms with Crippen LogP contribution in [0.5, 0.6) is 0 Å². The number of nitrogens with one attached hydrogen (secondary N) is 2. The van der Waals surface area contributed by atoms with Crippen molar-refractivity contribution in [1.82, 2.24) is 0 Å². The Kier molecular flexibility index (Phi) is 5.27. The third-order valence-corrected chi connectivity index (χ3v) is 5.11. The predicted octanol–water partition coefficient (Wildman–Crippen LogP) is 4.06. The van der Waals surface area contributed by atoms with Crippen molar-refractivity contribution in [3.8, 4) is 0 Å². The Morgan fingerprint density at radius 1 is 1.25 bits per heavy atom. The molecule has 3 rings (SSSR count). The van der Waals surface area contributed by atoms with E-state index in [9.17, 15) is 32.9 Å². The van der Waals surface area contributed by atoms with E-state index in [2.05, 4.69) is 10.6 Å². The van der Waals surface area contributed by atoms with Gasteiger partial charge < -0.3 is 10.6 Å². The van der Waals surface area contributed by atoms with Gasteiger partial charge in [0.05, 0.1) is 21.4 Å². The number of amides is 2. The van der Waals surface area contributed by atoms with Crippen LogP contribution in [0.2, 0.25) is 0 Å². The van der Waals surface area contributed by atoms with E-state index >= 15 is 0 Å². The largest absolute Gasteiger partial charge is 0.416 e. The number of rotatable bonds is 4. The summed E-state index contributed by atoms with van der Waals surface area (Å²) in [5.41, 5.74) is -0.832.